The number of esters is 1. The van der Waals surface area contributed by atoms with Gasteiger partial charge >= 0.3 is 12.1 Å². The molecule has 0 saturated heterocycles. The Kier molecular flexibility index (Phi) is 7.53. The lowest BCUT2D eigenvalue weighted by Crippen LogP contribution is -2.47. The lowest BCUT2D eigenvalue weighted by molar-refractivity contribution is -0.175. The van der Waals surface area contributed by atoms with Gasteiger partial charge < -0.3 is 34.9 Å². The molecule has 2 aliphatic rings. The SMILES string of the molecule is CCc1c2c(nc3ccc(O)cc13)-c1cc3c(c(=O)n1C2)COC(=O)[C@@]3(CC)OC(=O)OCc1ccc(NC(=O)[C@H](C)N)cc1. The highest BCUT2D eigenvalue weighted by atomic mass is 16.7. The van der Waals surface area contributed by atoms with Crippen LogP contribution in [-0.4, -0.2) is 38.7 Å². The van der Waals surface area contributed by atoms with Crippen molar-refractivity contribution >= 4 is 34.6 Å². The summed E-state index contributed by atoms with van der Waals surface area (Å²) in [6.07, 6.45) is -0.482. The number of hydrogen-bond acceptors (Lipinski definition) is 10. The number of benzene rings is 2. The molecule has 6 rings (SSSR count). The normalized spacial score (nSPS) is 17.1. The van der Waals surface area contributed by atoms with E-state index < -0.39 is 23.8 Å². The molecule has 1 amide bonds. The lowest BCUT2D eigenvalue weighted by atomic mass is 9.85. The molecule has 4 N–H and O–H groups in total. The van der Waals surface area contributed by atoms with Crippen molar-refractivity contribution in [2.24, 2.45) is 5.73 Å². The van der Waals surface area contributed by atoms with E-state index in [1.54, 1.807) is 66.9 Å². The second-order valence-corrected chi connectivity index (χ2v) is 11.2. The first-order valence-corrected chi connectivity index (χ1v) is 14.7. The zero-order valence-electron chi connectivity index (χ0n) is 25.0. The van der Waals surface area contributed by atoms with Gasteiger partial charge in [0.05, 0.1) is 35.1 Å². The number of hydrogen-bond donors (Lipinski definition) is 3. The third-order valence-electron chi connectivity index (χ3n) is 8.36. The van der Waals surface area contributed by atoms with Gasteiger partial charge in [-0.05, 0) is 67.3 Å². The van der Waals surface area contributed by atoms with Gasteiger partial charge in [0, 0.05) is 22.2 Å². The first-order chi connectivity index (χ1) is 21.6. The molecule has 2 atom stereocenters. The van der Waals surface area contributed by atoms with Gasteiger partial charge in [0.2, 0.25) is 11.5 Å². The fraction of sp³-hybridized carbons (Fsp3) is 0.303. The molecule has 0 fully saturated rings. The molecule has 45 heavy (non-hydrogen) atoms. The topological polar surface area (TPSA) is 172 Å². The van der Waals surface area contributed by atoms with Gasteiger partial charge in [0.15, 0.2) is 0 Å². The number of fused-ring (bicyclic) bond motifs is 5. The number of phenolic OH excluding ortho intramolecular Hbond substituents is 1. The number of carbonyl (C=O) groups is 3. The number of pyridine rings is 2. The Hall–Kier alpha value is -5.23. The van der Waals surface area contributed by atoms with Crippen LogP contribution in [0, 0.1) is 0 Å². The number of carbonyl (C=O) groups excluding carboxylic acids is 3. The fourth-order valence-corrected chi connectivity index (χ4v) is 5.97. The van der Waals surface area contributed by atoms with Crippen LogP contribution in [0.15, 0.2) is 53.3 Å². The summed E-state index contributed by atoms with van der Waals surface area (Å²) in [4.78, 5) is 56.8. The quantitative estimate of drug-likeness (QED) is 0.228. The Morgan fingerprint density at radius 3 is 2.58 bits per heavy atom. The maximum Gasteiger partial charge on any atom is 0.510 e. The molecule has 0 spiro atoms. The predicted octanol–water partition coefficient (Wildman–Crippen LogP) is 3.99. The minimum atomic E-state index is -1.91. The van der Waals surface area contributed by atoms with E-state index in [2.05, 4.69) is 5.32 Å². The van der Waals surface area contributed by atoms with Crippen molar-refractivity contribution in [3.63, 3.8) is 0 Å². The number of amides is 1. The van der Waals surface area contributed by atoms with Crippen molar-refractivity contribution in [3.8, 4) is 17.1 Å². The number of nitrogens with one attached hydrogen (secondary N) is 1. The summed E-state index contributed by atoms with van der Waals surface area (Å²) in [6, 6.07) is 12.6. The van der Waals surface area contributed by atoms with E-state index in [9.17, 15) is 24.3 Å². The Balaban J connectivity index is 1.31. The lowest BCUT2D eigenvalue weighted by Gasteiger charge is -2.35. The molecule has 2 aromatic heterocycles. The van der Waals surface area contributed by atoms with Crippen LogP contribution >= 0.6 is 0 Å². The molecule has 2 aromatic carbocycles. The number of aromatic hydroxyl groups is 1. The summed E-state index contributed by atoms with van der Waals surface area (Å²) in [5.41, 5.74) is 8.46. The van der Waals surface area contributed by atoms with Gasteiger partial charge in [-0.15, -0.1) is 0 Å². The zero-order valence-corrected chi connectivity index (χ0v) is 25.0. The Morgan fingerprint density at radius 1 is 1.13 bits per heavy atom. The van der Waals surface area contributed by atoms with E-state index in [1.165, 1.54) is 0 Å². The van der Waals surface area contributed by atoms with E-state index >= 15 is 0 Å². The summed E-state index contributed by atoms with van der Waals surface area (Å²) in [6.45, 7) is 5.06. The maximum atomic E-state index is 13.9. The fourth-order valence-electron chi connectivity index (χ4n) is 5.97. The average molecular weight is 613 g/mol. The van der Waals surface area contributed by atoms with Crippen molar-refractivity contribution in [1.29, 1.82) is 0 Å². The number of aryl methyl sites for hydroxylation is 1. The minimum absolute atomic E-state index is 0.0116. The standard InChI is InChI=1S/C33H32N4O8/c1-4-21-22-12-20(38)10-11-26(22)36-28-23(21)14-37-27(28)13-25-24(30(37)40)16-43-31(41)33(25,5-2)45-32(42)44-15-18-6-8-19(9-7-18)35-29(39)17(3)34/h6-13,17,38H,4-5,14-16,34H2,1-3H3,(H,35,39)/t17-,33-/m0/s1. The molecule has 0 aliphatic carbocycles. The van der Waals surface area contributed by atoms with Crippen LogP contribution in [0.2, 0.25) is 0 Å². The molecular weight excluding hydrogens is 580 g/mol. The van der Waals surface area contributed by atoms with Gasteiger partial charge in [-0.2, -0.15) is 0 Å². The van der Waals surface area contributed by atoms with Gasteiger partial charge in [-0.25, -0.2) is 14.6 Å². The minimum Gasteiger partial charge on any atom is -0.508 e. The second-order valence-electron chi connectivity index (χ2n) is 11.2. The van der Waals surface area contributed by atoms with Crippen molar-refractivity contribution in [2.75, 3.05) is 5.32 Å². The van der Waals surface area contributed by atoms with E-state index in [1.807, 2.05) is 6.92 Å². The van der Waals surface area contributed by atoms with Crippen LogP contribution < -0.4 is 16.6 Å². The molecule has 12 nitrogen and oxygen atoms in total. The Labute approximate surface area is 257 Å². The van der Waals surface area contributed by atoms with Gasteiger partial charge in [-0.1, -0.05) is 26.0 Å². The first-order valence-electron chi connectivity index (χ1n) is 14.7. The number of ether oxygens (including phenoxy) is 3. The summed E-state index contributed by atoms with van der Waals surface area (Å²) >= 11 is 0. The number of cyclic esters (lactones) is 1. The summed E-state index contributed by atoms with van der Waals surface area (Å²) in [5, 5.41) is 13.6. The number of rotatable bonds is 7. The molecule has 0 radical (unpaired) electrons. The highest BCUT2D eigenvalue weighted by molar-refractivity contribution is 5.94. The van der Waals surface area contributed by atoms with E-state index in [0.29, 0.717) is 34.6 Å². The van der Waals surface area contributed by atoms with Crippen LogP contribution in [0.3, 0.4) is 0 Å². The molecule has 4 aromatic rings. The van der Waals surface area contributed by atoms with Crippen molar-refractivity contribution in [3.05, 3.63) is 86.7 Å². The van der Waals surface area contributed by atoms with Crippen molar-refractivity contribution < 1.29 is 33.7 Å². The van der Waals surface area contributed by atoms with Crippen LogP contribution in [-0.2, 0) is 55.6 Å². The van der Waals surface area contributed by atoms with Crippen LogP contribution in [0.4, 0.5) is 10.5 Å². The third-order valence-corrected chi connectivity index (χ3v) is 8.36. The van der Waals surface area contributed by atoms with Crippen molar-refractivity contribution in [1.82, 2.24) is 9.55 Å². The highest BCUT2D eigenvalue weighted by Crippen LogP contribution is 2.42. The van der Waals surface area contributed by atoms with Crippen LogP contribution in [0.5, 0.6) is 5.75 Å². The smallest absolute Gasteiger partial charge is 0.508 e. The molecule has 0 saturated carbocycles. The van der Waals surface area contributed by atoms with E-state index in [0.717, 1.165) is 16.5 Å². The number of nitrogens with zero attached hydrogens (tertiary/aromatic N) is 2. The molecule has 2 aliphatic heterocycles. The largest absolute Gasteiger partial charge is 0.510 e. The maximum absolute atomic E-state index is 13.9. The van der Waals surface area contributed by atoms with Gasteiger partial charge in [-0.3, -0.25) is 9.59 Å². The van der Waals surface area contributed by atoms with Crippen molar-refractivity contribution in [2.45, 2.75) is 65.0 Å². The number of phenols is 1. The van der Waals surface area contributed by atoms with Gasteiger partial charge in [0.1, 0.15) is 19.0 Å². The highest BCUT2D eigenvalue weighted by Gasteiger charge is 2.51. The number of aromatic nitrogens is 2. The average Bonchev–Trinajstić information content (AvgIpc) is 3.39. The predicted molar refractivity (Wildman–Crippen MR) is 163 cm³/mol. The number of anilines is 1. The third kappa shape index (κ3) is 5.06. The molecule has 12 heteroatoms. The Morgan fingerprint density at radius 2 is 1.89 bits per heavy atom. The summed E-state index contributed by atoms with van der Waals surface area (Å²) in [5.74, 6) is -1.02. The molecular formula is C33H32N4O8. The van der Waals surface area contributed by atoms with Crippen LogP contribution in [0.25, 0.3) is 22.3 Å². The van der Waals surface area contributed by atoms with Crippen LogP contribution in [0.1, 0.15) is 55.0 Å². The Bertz CT molecular complexity index is 1930. The molecule has 4 heterocycles. The van der Waals surface area contributed by atoms with E-state index in [-0.39, 0.29) is 54.5 Å². The monoisotopic (exact) mass is 612 g/mol. The van der Waals surface area contributed by atoms with E-state index in [4.69, 9.17) is 24.9 Å². The summed E-state index contributed by atoms with van der Waals surface area (Å²) in [7, 11) is 0. The molecule has 0 unspecified atom stereocenters. The zero-order chi connectivity index (χ0) is 32.0. The number of nitrogens with two attached hydrogens (primary N) is 1. The van der Waals surface area contributed by atoms with Gasteiger partial charge in [0.25, 0.3) is 5.56 Å². The molecule has 232 valence electrons. The molecule has 0 bridgehead atoms. The summed E-state index contributed by atoms with van der Waals surface area (Å²) < 4.78 is 18.1. The second kappa shape index (κ2) is 11.4. The first kappa shape index (κ1) is 29.8.